The number of ether oxygens (including phenoxy) is 2. The predicted octanol–water partition coefficient (Wildman–Crippen LogP) is 8.56. The van der Waals surface area contributed by atoms with Gasteiger partial charge in [0, 0.05) is 12.5 Å². The molecule has 0 radical (unpaired) electrons. The summed E-state index contributed by atoms with van der Waals surface area (Å²) < 4.78 is 12.0. The molecule has 0 bridgehead atoms. The molecule has 1 aliphatic rings. The number of aldehydes is 1. The van der Waals surface area contributed by atoms with Crippen LogP contribution in [0, 0.1) is 31.6 Å². The van der Waals surface area contributed by atoms with Crippen LogP contribution in [-0.4, -0.2) is 17.9 Å². The summed E-state index contributed by atoms with van der Waals surface area (Å²) in [6.45, 7) is 16.9. The molecule has 3 atom stereocenters. The molecule has 198 valence electrons. The third-order valence-electron chi connectivity index (χ3n) is 7.98. The van der Waals surface area contributed by atoms with Crippen LogP contribution in [0.4, 0.5) is 0 Å². The molecule has 4 nitrogen and oxygen atoms in total. The summed E-state index contributed by atoms with van der Waals surface area (Å²) in [7, 11) is 0. The lowest BCUT2D eigenvalue weighted by Crippen LogP contribution is -2.37. The minimum Gasteiger partial charge on any atom is -0.487 e. The van der Waals surface area contributed by atoms with E-state index in [1.807, 2.05) is 13.8 Å². The summed E-state index contributed by atoms with van der Waals surface area (Å²) >= 11 is 0. The lowest BCUT2D eigenvalue weighted by Gasteiger charge is -2.38. The second-order valence-corrected chi connectivity index (χ2v) is 11.9. The van der Waals surface area contributed by atoms with Crippen LogP contribution in [0.15, 0.2) is 0 Å². The van der Waals surface area contributed by atoms with Crippen LogP contribution >= 0.6 is 0 Å². The van der Waals surface area contributed by atoms with Crippen LogP contribution in [-0.2, 0) is 11.2 Å². The van der Waals surface area contributed by atoms with E-state index >= 15 is 0 Å². The number of carbonyl (C=O) groups excluding carboxylic acids is 2. The van der Waals surface area contributed by atoms with Gasteiger partial charge in [-0.1, -0.05) is 72.6 Å². The number of rotatable bonds is 14. The number of hydrogen-bond donors (Lipinski definition) is 0. The number of fused-ring (bicyclic) bond motifs is 1. The van der Waals surface area contributed by atoms with Gasteiger partial charge in [0.2, 0.25) is 0 Å². The first kappa shape index (κ1) is 29.4. The van der Waals surface area contributed by atoms with Crippen molar-refractivity contribution in [1.29, 1.82) is 0 Å². The van der Waals surface area contributed by atoms with E-state index in [1.54, 1.807) is 0 Å². The van der Waals surface area contributed by atoms with Gasteiger partial charge in [0.1, 0.15) is 17.1 Å². The van der Waals surface area contributed by atoms with Crippen LogP contribution in [0.2, 0.25) is 0 Å². The summed E-state index contributed by atoms with van der Waals surface area (Å²) in [5, 5.41) is 0. The van der Waals surface area contributed by atoms with Crippen molar-refractivity contribution in [3.63, 3.8) is 0 Å². The van der Waals surface area contributed by atoms with E-state index in [2.05, 4.69) is 34.6 Å². The lowest BCUT2D eigenvalue weighted by molar-refractivity contribution is -0.131. The van der Waals surface area contributed by atoms with Gasteiger partial charge in [0.15, 0.2) is 6.29 Å². The summed E-state index contributed by atoms with van der Waals surface area (Å²) in [5.41, 5.74) is 2.89. The Bertz CT molecular complexity index is 856. The van der Waals surface area contributed by atoms with E-state index in [0.29, 0.717) is 11.3 Å². The Kier molecular flexibility index (Phi) is 11.3. The molecule has 0 aromatic heterocycles. The largest absolute Gasteiger partial charge is 0.487 e. The third-order valence-corrected chi connectivity index (χ3v) is 7.98. The van der Waals surface area contributed by atoms with Gasteiger partial charge in [-0.15, -0.1) is 0 Å². The summed E-state index contributed by atoms with van der Waals surface area (Å²) in [6, 6.07) is 0. The Balaban J connectivity index is 1.87. The molecule has 0 fully saturated rings. The maximum absolute atomic E-state index is 11.9. The zero-order valence-electron chi connectivity index (χ0n) is 23.7. The highest BCUT2D eigenvalue weighted by Crippen LogP contribution is 2.44. The minimum absolute atomic E-state index is 0.224. The fraction of sp³-hybridized carbons (Fsp3) is 0.742. The SMILES string of the molecule is CC(=O)Oc1c(C)c(C)c2c(c1C=O)CCC(C)(CCC[C@@H](C)CCC[C@H](C)CCCC(C)C)O2. The molecule has 1 aliphatic heterocycles. The molecule has 1 unspecified atom stereocenters. The van der Waals surface area contributed by atoms with Crippen molar-refractivity contribution < 1.29 is 19.1 Å². The highest BCUT2D eigenvalue weighted by Gasteiger charge is 2.35. The normalized spacial score (nSPS) is 19.1. The molecular weight excluding hydrogens is 436 g/mol. The van der Waals surface area contributed by atoms with E-state index in [1.165, 1.54) is 51.9 Å². The number of esters is 1. The predicted molar refractivity (Wildman–Crippen MR) is 145 cm³/mol. The van der Waals surface area contributed by atoms with Gasteiger partial charge in [0.25, 0.3) is 0 Å². The summed E-state index contributed by atoms with van der Waals surface area (Å²) in [4.78, 5) is 23.5. The monoisotopic (exact) mass is 486 g/mol. The van der Waals surface area contributed by atoms with E-state index in [4.69, 9.17) is 9.47 Å². The van der Waals surface area contributed by atoms with Gasteiger partial charge >= 0.3 is 5.97 Å². The number of hydrogen-bond acceptors (Lipinski definition) is 4. The third kappa shape index (κ3) is 8.65. The molecule has 0 saturated heterocycles. The molecule has 1 aromatic carbocycles. The zero-order chi connectivity index (χ0) is 26.2. The topological polar surface area (TPSA) is 52.6 Å². The van der Waals surface area contributed by atoms with Gasteiger partial charge in [-0.3, -0.25) is 9.59 Å². The van der Waals surface area contributed by atoms with E-state index in [0.717, 1.165) is 72.2 Å². The Morgan fingerprint density at radius 1 is 0.971 bits per heavy atom. The Morgan fingerprint density at radius 2 is 1.54 bits per heavy atom. The van der Waals surface area contributed by atoms with Crippen molar-refractivity contribution >= 4 is 12.3 Å². The maximum Gasteiger partial charge on any atom is 0.308 e. The van der Waals surface area contributed by atoms with E-state index < -0.39 is 5.97 Å². The molecule has 0 saturated carbocycles. The fourth-order valence-electron chi connectivity index (χ4n) is 5.48. The molecule has 0 spiro atoms. The van der Waals surface area contributed by atoms with Crippen LogP contribution in [0.5, 0.6) is 11.5 Å². The van der Waals surface area contributed by atoms with Crippen molar-refractivity contribution in [1.82, 2.24) is 0 Å². The molecule has 2 rings (SSSR count). The highest BCUT2D eigenvalue weighted by atomic mass is 16.5. The average molecular weight is 487 g/mol. The molecule has 4 heteroatoms. The quantitative estimate of drug-likeness (QED) is 0.150. The first-order chi connectivity index (χ1) is 16.5. The van der Waals surface area contributed by atoms with E-state index in [-0.39, 0.29) is 5.60 Å². The first-order valence-electron chi connectivity index (χ1n) is 14.0. The van der Waals surface area contributed by atoms with Crippen LogP contribution < -0.4 is 9.47 Å². The van der Waals surface area contributed by atoms with Crippen molar-refractivity contribution in [3.8, 4) is 11.5 Å². The average Bonchev–Trinajstić information content (AvgIpc) is 2.77. The van der Waals surface area contributed by atoms with Crippen molar-refractivity contribution in [2.45, 2.75) is 132 Å². The maximum atomic E-state index is 11.9. The standard InChI is InChI=1S/C31H50O4/c1-21(2)12-9-13-22(3)14-10-15-23(4)16-11-18-31(8)19-17-27-28(20-32)29(34-26(7)33)24(5)25(6)30(27)35-31/h20-23H,9-19H2,1-8H3/t22-,23+,31?/m1/s1. The second kappa shape index (κ2) is 13.5. The summed E-state index contributed by atoms with van der Waals surface area (Å²) in [6.07, 6.45) is 13.9. The van der Waals surface area contributed by atoms with Gasteiger partial charge in [-0.05, 0) is 75.3 Å². The van der Waals surface area contributed by atoms with Gasteiger partial charge in [0.05, 0.1) is 5.56 Å². The Hall–Kier alpha value is -1.84. The van der Waals surface area contributed by atoms with Gasteiger partial charge in [-0.2, -0.15) is 0 Å². The zero-order valence-corrected chi connectivity index (χ0v) is 23.7. The fourth-order valence-corrected chi connectivity index (χ4v) is 5.48. The van der Waals surface area contributed by atoms with Crippen molar-refractivity contribution in [2.75, 3.05) is 0 Å². The molecule has 0 aliphatic carbocycles. The van der Waals surface area contributed by atoms with Crippen LogP contribution in [0.1, 0.15) is 133 Å². The minimum atomic E-state index is -0.410. The molecule has 35 heavy (non-hydrogen) atoms. The highest BCUT2D eigenvalue weighted by molar-refractivity contribution is 5.87. The second-order valence-electron chi connectivity index (χ2n) is 11.9. The first-order valence-corrected chi connectivity index (χ1v) is 14.0. The summed E-state index contributed by atoms with van der Waals surface area (Å²) in [5.74, 6) is 3.21. The number of carbonyl (C=O) groups is 2. The molecule has 0 N–H and O–H groups in total. The van der Waals surface area contributed by atoms with Crippen LogP contribution in [0.25, 0.3) is 0 Å². The van der Waals surface area contributed by atoms with Gasteiger partial charge in [-0.25, -0.2) is 0 Å². The van der Waals surface area contributed by atoms with Crippen molar-refractivity contribution in [2.24, 2.45) is 17.8 Å². The number of benzene rings is 1. The van der Waals surface area contributed by atoms with Crippen LogP contribution in [0.3, 0.4) is 0 Å². The van der Waals surface area contributed by atoms with E-state index in [9.17, 15) is 9.59 Å². The Labute approximate surface area is 214 Å². The van der Waals surface area contributed by atoms with Gasteiger partial charge < -0.3 is 9.47 Å². The lowest BCUT2D eigenvalue weighted by atomic mass is 9.83. The Morgan fingerprint density at radius 3 is 2.09 bits per heavy atom. The molecular formula is C31H50O4. The molecule has 0 amide bonds. The molecule has 1 heterocycles. The molecule has 1 aromatic rings. The smallest absolute Gasteiger partial charge is 0.308 e. The van der Waals surface area contributed by atoms with Crippen molar-refractivity contribution in [3.05, 3.63) is 22.3 Å².